The molecule has 0 aliphatic carbocycles. The summed E-state index contributed by atoms with van der Waals surface area (Å²) in [6.07, 6.45) is 2.10. The zero-order valence-electron chi connectivity index (χ0n) is 11.2. The monoisotopic (exact) mass is 234 g/mol. The van der Waals surface area contributed by atoms with Gasteiger partial charge in [0.15, 0.2) is 5.78 Å². The lowest BCUT2D eigenvalue weighted by molar-refractivity contribution is 0.0854. The van der Waals surface area contributed by atoms with Crippen LogP contribution in [0, 0.1) is 5.41 Å². The van der Waals surface area contributed by atoms with Crippen LogP contribution in [0.3, 0.4) is 0 Å². The third kappa shape index (κ3) is 3.88. The number of carbonyl (C=O) groups is 1. The molecule has 0 N–H and O–H groups in total. The third-order valence-electron chi connectivity index (χ3n) is 2.57. The van der Waals surface area contributed by atoms with Crippen LogP contribution in [0.2, 0.25) is 0 Å². The quantitative estimate of drug-likeness (QED) is 0.566. The molecule has 0 bridgehead atoms. The Morgan fingerprint density at radius 2 is 1.88 bits per heavy atom. The second-order valence-corrected chi connectivity index (χ2v) is 5.28. The highest BCUT2D eigenvalue weighted by Gasteiger charge is 2.25. The molecule has 0 saturated heterocycles. The Kier molecular flexibility index (Phi) is 4.73. The molecule has 0 atom stereocenters. The molecule has 0 unspecified atom stereocenters. The predicted molar refractivity (Wildman–Crippen MR) is 70.6 cm³/mol. The summed E-state index contributed by atoms with van der Waals surface area (Å²) in [4.78, 5) is 12.2. The van der Waals surface area contributed by atoms with Crippen molar-refractivity contribution in [3.8, 4) is 5.75 Å². The molecule has 0 aliphatic heterocycles. The third-order valence-corrected chi connectivity index (χ3v) is 2.57. The summed E-state index contributed by atoms with van der Waals surface area (Å²) in [5.41, 5.74) is 0.320. The fourth-order valence-electron chi connectivity index (χ4n) is 1.51. The van der Waals surface area contributed by atoms with E-state index in [4.69, 9.17) is 4.74 Å². The van der Waals surface area contributed by atoms with Crippen LogP contribution in [0.5, 0.6) is 5.75 Å². The van der Waals surface area contributed by atoms with Gasteiger partial charge in [0.2, 0.25) is 0 Å². The number of unbranched alkanes of at least 4 members (excludes halogenated alkanes) is 1. The number of carbonyl (C=O) groups excluding carboxylic acids is 1. The highest BCUT2D eigenvalue weighted by atomic mass is 16.5. The minimum Gasteiger partial charge on any atom is -0.493 e. The van der Waals surface area contributed by atoms with Gasteiger partial charge in [-0.3, -0.25) is 4.79 Å². The molecule has 0 amide bonds. The number of benzene rings is 1. The second kappa shape index (κ2) is 5.85. The Morgan fingerprint density at radius 1 is 1.24 bits per heavy atom. The first-order valence-electron chi connectivity index (χ1n) is 6.23. The van der Waals surface area contributed by atoms with Gasteiger partial charge in [0.1, 0.15) is 5.75 Å². The van der Waals surface area contributed by atoms with E-state index in [0.29, 0.717) is 17.9 Å². The van der Waals surface area contributed by atoms with Crippen LogP contribution >= 0.6 is 0 Å². The highest BCUT2D eigenvalue weighted by molar-refractivity contribution is 6.02. The van der Waals surface area contributed by atoms with Crippen LogP contribution in [-0.4, -0.2) is 12.4 Å². The zero-order chi connectivity index (χ0) is 12.9. The van der Waals surface area contributed by atoms with Crippen LogP contribution in [0.15, 0.2) is 24.3 Å². The van der Waals surface area contributed by atoms with E-state index in [1.807, 2.05) is 45.0 Å². The van der Waals surface area contributed by atoms with E-state index in [1.165, 1.54) is 0 Å². The van der Waals surface area contributed by atoms with Crippen molar-refractivity contribution >= 4 is 5.78 Å². The van der Waals surface area contributed by atoms with Crippen molar-refractivity contribution in [2.45, 2.75) is 40.5 Å². The Hall–Kier alpha value is -1.31. The van der Waals surface area contributed by atoms with Crippen LogP contribution in [0.4, 0.5) is 0 Å². The van der Waals surface area contributed by atoms with Crippen molar-refractivity contribution in [1.82, 2.24) is 0 Å². The summed E-state index contributed by atoms with van der Waals surface area (Å²) in [6.45, 7) is 8.58. The highest BCUT2D eigenvalue weighted by Crippen LogP contribution is 2.27. The Labute approximate surface area is 104 Å². The van der Waals surface area contributed by atoms with E-state index in [9.17, 15) is 4.79 Å². The minimum absolute atomic E-state index is 0.129. The van der Waals surface area contributed by atoms with Crippen molar-refractivity contribution < 1.29 is 9.53 Å². The molecule has 0 saturated carbocycles. The standard InChI is InChI=1S/C15H22O2/c1-5-6-11-17-13-10-8-7-9-12(13)14(16)15(2,3)4/h7-10H,5-6,11H2,1-4H3. The summed E-state index contributed by atoms with van der Waals surface area (Å²) in [5.74, 6) is 0.838. The average molecular weight is 234 g/mol. The lowest BCUT2D eigenvalue weighted by atomic mass is 9.86. The van der Waals surface area contributed by atoms with Crippen LogP contribution in [0.25, 0.3) is 0 Å². The second-order valence-electron chi connectivity index (χ2n) is 5.28. The molecule has 0 aromatic heterocycles. The molecule has 2 heteroatoms. The molecular weight excluding hydrogens is 212 g/mol. The lowest BCUT2D eigenvalue weighted by Gasteiger charge is -2.19. The maximum atomic E-state index is 12.2. The molecule has 17 heavy (non-hydrogen) atoms. The van der Waals surface area contributed by atoms with Crippen molar-refractivity contribution in [1.29, 1.82) is 0 Å². The van der Waals surface area contributed by atoms with Gasteiger partial charge in [0.05, 0.1) is 12.2 Å². The minimum atomic E-state index is -0.371. The fraction of sp³-hybridized carbons (Fsp3) is 0.533. The van der Waals surface area contributed by atoms with Gasteiger partial charge in [0, 0.05) is 5.41 Å². The Balaban J connectivity index is 2.88. The fourth-order valence-corrected chi connectivity index (χ4v) is 1.51. The van der Waals surface area contributed by atoms with E-state index in [0.717, 1.165) is 12.8 Å². The van der Waals surface area contributed by atoms with Gasteiger partial charge in [-0.2, -0.15) is 0 Å². The SMILES string of the molecule is CCCCOc1ccccc1C(=O)C(C)(C)C. The molecule has 1 aromatic rings. The molecule has 0 radical (unpaired) electrons. The maximum Gasteiger partial charge on any atom is 0.171 e. The molecule has 94 valence electrons. The molecule has 0 aliphatic rings. The van der Waals surface area contributed by atoms with Gasteiger partial charge in [-0.25, -0.2) is 0 Å². The number of hydrogen-bond acceptors (Lipinski definition) is 2. The zero-order valence-corrected chi connectivity index (χ0v) is 11.2. The summed E-state index contributed by atoms with van der Waals surface area (Å²) in [7, 11) is 0. The number of ketones is 1. The lowest BCUT2D eigenvalue weighted by Crippen LogP contribution is -2.21. The number of para-hydroxylation sites is 1. The van der Waals surface area contributed by atoms with Crippen molar-refractivity contribution in [3.63, 3.8) is 0 Å². The largest absolute Gasteiger partial charge is 0.493 e. The number of Topliss-reactive ketones (excluding diaryl/α,β-unsaturated/α-hetero) is 1. The van der Waals surface area contributed by atoms with Gasteiger partial charge < -0.3 is 4.74 Å². The summed E-state index contributed by atoms with van der Waals surface area (Å²) < 4.78 is 5.67. The first kappa shape index (κ1) is 13.8. The predicted octanol–water partition coefficient (Wildman–Crippen LogP) is 4.09. The maximum absolute atomic E-state index is 12.2. The van der Waals surface area contributed by atoms with E-state index in [2.05, 4.69) is 6.92 Å². The van der Waals surface area contributed by atoms with E-state index >= 15 is 0 Å². The van der Waals surface area contributed by atoms with Gasteiger partial charge in [-0.15, -0.1) is 0 Å². The topological polar surface area (TPSA) is 26.3 Å². The first-order valence-corrected chi connectivity index (χ1v) is 6.23. The average Bonchev–Trinajstić information content (AvgIpc) is 2.28. The van der Waals surface area contributed by atoms with Crippen LogP contribution < -0.4 is 4.74 Å². The number of ether oxygens (including phenoxy) is 1. The van der Waals surface area contributed by atoms with Gasteiger partial charge in [0.25, 0.3) is 0 Å². The molecule has 0 fully saturated rings. The normalized spacial score (nSPS) is 11.3. The van der Waals surface area contributed by atoms with Gasteiger partial charge in [-0.05, 0) is 18.6 Å². The number of hydrogen-bond donors (Lipinski definition) is 0. The molecule has 0 heterocycles. The summed E-state index contributed by atoms with van der Waals surface area (Å²) >= 11 is 0. The van der Waals surface area contributed by atoms with Crippen molar-refractivity contribution in [3.05, 3.63) is 29.8 Å². The van der Waals surface area contributed by atoms with E-state index in [-0.39, 0.29) is 11.2 Å². The smallest absolute Gasteiger partial charge is 0.171 e. The number of rotatable bonds is 5. The van der Waals surface area contributed by atoms with Crippen LogP contribution in [-0.2, 0) is 0 Å². The van der Waals surface area contributed by atoms with E-state index in [1.54, 1.807) is 0 Å². The van der Waals surface area contributed by atoms with E-state index < -0.39 is 0 Å². The van der Waals surface area contributed by atoms with Crippen molar-refractivity contribution in [2.24, 2.45) is 5.41 Å². The Bertz CT molecular complexity index is 375. The molecule has 2 nitrogen and oxygen atoms in total. The molecule has 0 spiro atoms. The Morgan fingerprint density at radius 3 is 2.47 bits per heavy atom. The van der Waals surface area contributed by atoms with Crippen LogP contribution in [0.1, 0.15) is 50.9 Å². The van der Waals surface area contributed by atoms with Crippen molar-refractivity contribution in [2.75, 3.05) is 6.61 Å². The summed E-state index contributed by atoms with van der Waals surface area (Å²) in [6, 6.07) is 7.50. The first-order chi connectivity index (χ1) is 7.96. The molecule has 1 aromatic carbocycles. The van der Waals surface area contributed by atoms with Gasteiger partial charge in [-0.1, -0.05) is 46.2 Å². The van der Waals surface area contributed by atoms with Gasteiger partial charge >= 0.3 is 0 Å². The molecular formula is C15H22O2. The molecule has 1 rings (SSSR count). The summed E-state index contributed by atoms with van der Waals surface area (Å²) in [5, 5.41) is 0.